The highest BCUT2D eigenvalue weighted by molar-refractivity contribution is 6.33. The number of carbonyl (C=O) groups is 2. The van der Waals surface area contributed by atoms with Crippen LogP contribution in [0.15, 0.2) is 42.7 Å². The lowest BCUT2D eigenvalue weighted by atomic mass is 10.0. The van der Waals surface area contributed by atoms with Gasteiger partial charge in [-0.05, 0) is 42.9 Å². The largest absolute Gasteiger partial charge is 0.348 e. The highest BCUT2D eigenvalue weighted by atomic mass is 35.5. The molecular weight excluding hydrogens is 424 g/mol. The molecule has 2 amide bonds. The summed E-state index contributed by atoms with van der Waals surface area (Å²) in [7, 11) is 0. The molecule has 0 bridgehead atoms. The zero-order valence-corrected chi connectivity index (χ0v) is 20.4. The molecule has 1 saturated heterocycles. The van der Waals surface area contributed by atoms with E-state index in [0.29, 0.717) is 18.0 Å². The Balaban J connectivity index is 0.00000176. The number of halogens is 1. The molecule has 3 rings (SSSR count). The van der Waals surface area contributed by atoms with Gasteiger partial charge in [-0.25, -0.2) is 0 Å². The van der Waals surface area contributed by atoms with Crippen molar-refractivity contribution in [3.63, 3.8) is 0 Å². The number of nitrogens with one attached hydrogen (secondary N) is 1. The third-order valence-electron chi connectivity index (χ3n) is 5.69. The Kier molecular flexibility index (Phi) is 9.66. The maximum Gasteiger partial charge on any atom is 0.243 e. The molecule has 7 heteroatoms. The number of rotatable bonds is 6. The molecule has 2 heterocycles. The molecule has 1 aromatic heterocycles. The minimum Gasteiger partial charge on any atom is -0.348 e. The third kappa shape index (κ3) is 6.08. The summed E-state index contributed by atoms with van der Waals surface area (Å²) in [6, 6.07) is 8.40. The Morgan fingerprint density at radius 1 is 1.16 bits per heavy atom. The number of likely N-dealkylation sites (tertiary alicyclic amines) is 1. The molecule has 1 aliphatic heterocycles. The molecular formula is C25H35ClN4O2. The van der Waals surface area contributed by atoms with E-state index in [1.165, 1.54) is 0 Å². The molecule has 2 aromatic rings. The van der Waals surface area contributed by atoms with Gasteiger partial charge in [0, 0.05) is 24.5 Å². The van der Waals surface area contributed by atoms with Crippen LogP contribution in [0.4, 0.5) is 0 Å². The minimum absolute atomic E-state index is 0.0348. The zero-order valence-electron chi connectivity index (χ0n) is 19.6. The zero-order chi connectivity index (χ0) is 23.8. The second kappa shape index (κ2) is 12.0. The van der Waals surface area contributed by atoms with Gasteiger partial charge in [0.1, 0.15) is 6.04 Å². The third-order valence-corrected chi connectivity index (χ3v) is 6.02. The molecule has 3 unspecified atom stereocenters. The van der Waals surface area contributed by atoms with Crippen LogP contribution in [0.5, 0.6) is 0 Å². The topological polar surface area (TPSA) is 88.3 Å². The quantitative estimate of drug-likeness (QED) is 0.663. The van der Waals surface area contributed by atoms with E-state index < -0.39 is 12.1 Å². The lowest BCUT2D eigenvalue weighted by molar-refractivity contribution is -0.140. The number of carbonyl (C=O) groups excluding carboxylic acids is 2. The number of hydrogen-bond acceptors (Lipinski definition) is 4. The van der Waals surface area contributed by atoms with Crippen molar-refractivity contribution in [3.05, 3.63) is 53.3 Å². The van der Waals surface area contributed by atoms with Crippen LogP contribution in [-0.4, -0.2) is 40.3 Å². The Hall–Kier alpha value is -2.44. The van der Waals surface area contributed by atoms with E-state index in [9.17, 15) is 9.59 Å². The van der Waals surface area contributed by atoms with Gasteiger partial charge in [-0.3, -0.25) is 14.6 Å². The van der Waals surface area contributed by atoms with E-state index in [1.54, 1.807) is 23.4 Å². The van der Waals surface area contributed by atoms with Crippen LogP contribution in [0.3, 0.4) is 0 Å². The van der Waals surface area contributed by atoms with Crippen LogP contribution in [0, 0.1) is 5.92 Å². The van der Waals surface area contributed by atoms with Crippen molar-refractivity contribution in [2.75, 3.05) is 6.54 Å². The molecule has 1 aliphatic rings. The molecule has 0 spiro atoms. The summed E-state index contributed by atoms with van der Waals surface area (Å²) in [4.78, 5) is 31.3. The fourth-order valence-electron chi connectivity index (χ4n) is 3.71. The molecule has 1 aromatic carbocycles. The van der Waals surface area contributed by atoms with Crippen molar-refractivity contribution < 1.29 is 9.59 Å². The van der Waals surface area contributed by atoms with Crippen molar-refractivity contribution in [2.45, 2.75) is 65.6 Å². The van der Waals surface area contributed by atoms with Gasteiger partial charge in [0.25, 0.3) is 0 Å². The average Bonchev–Trinajstić information content (AvgIpc) is 3.30. The molecule has 0 aliphatic carbocycles. The van der Waals surface area contributed by atoms with Crippen LogP contribution in [0.2, 0.25) is 5.02 Å². The minimum atomic E-state index is -0.581. The summed E-state index contributed by atoms with van der Waals surface area (Å²) in [5.41, 5.74) is 8.83. The molecule has 0 radical (unpaired) electrons. The van der Waals surface area contributed by atoms with E-state index in [4.69, 9.17) is 17.3 Å². The second-order valence-corrected chi connectivity index (χ2v) is 8.57. The van der Waals surface area contributed by atoms with Crippen LogP contribution >= 0.6 is 11.6 Å². The van der Waals surface area contributed by atoms with Crippen molar-refractivity contribution in [1.82, 2.24) is 15.2 Å². The van der Waals surface area contributed by atoms with Crippen LogP contribution in [0.25, 0.3) is 11.1 Å². The van der Waals surface area contributed by atoms with Crippen molar-refractivity contribution in [1.29, 1.82) is 0 Å². The summed E-state index contributed by atoms with van der Waals surface area (Å²) in [5, 5.41) is 3.69. The summed E-state index contributed by atoms with van der Waals surface area (Å²) in [6.07, 6.45) is 4.86. The highest BCUT2D eigenvalue weighted by Crippen LogP contribution is 2.28. The predicted molar refractivity (Wildman–Crippen MR) is 130 cm³/mol. The maximum absolute atomic E-state index is 12.9. The first kappa shape index (κ1) is 25.8. The Bertz CT molecular complexity index is 901. The van der Waals surface area contributed by atoms with Gasteiger partial charge in [-0.2, -0.15) is 0 Å². The maximum atomic E-state index is 12.9. The van der Waals surface area contributed by atoms with E-state index in [0.717, 1.165) is 23.1 Å². The SMILES string of the molecule is CC.CC(NC(=O)C1CCCN1C(=O)C(N)C(C)C)c1ccc(-c2cnccc2Cl)cc1. The first-order chi connectivity index (χ1) is 15.3. The van der Waals surface area contributed by atoms with Crippen molar-refractivity contribution in [2.24, 2.45) is 11.7 Å². The molecule has 0 saturated carbocycles. The number of nitrogens with zero attached hydrogens (tertiary/aromatic N) is 2. The van der Waals surface area contributed by atoms with Crippen molar-refractivity contribution >= 4 is 23.4 Å². The summed E-state index contributed by atoms with van der Waals surface area (Å²) >= 11 is 6.25. The second-order valence-electron chi connectivity index (χ2n) is 8.17. The first-order valence-electron chi connectivity index (χ1n) is 11.4. The fourth-order valence-corrected chi connectivity index (χ4v) is 3.93. The number of amides is 2. The Morgan fingerprint density at radius 2 is 1.81 bits per heavy atom. The monoisotopic (exact) mass is 458 g/mol. The molecule has 3 N–H and O–H groups in total. The lowest BCUT2D eigenvalue weighted by Crippen LogP contribution is -2.52. The van der Waals surface area contributed by atoms with Gasteiger partial charge in [0.15, 0.2) is 0 Å². The molecule has 32 heavy (non-hydrogen) atoms. The standard InChI is InChI=1S/C23H29ClN4O2.C2H6/c1-14(2)21(25)23(30)28-12-4-5-20(28)22(29)27-15(3)16-6-8-17(9-7-16)18-13-26-11-10-19(18)24;1-2/h6-11,13-15,20-21H,4-5,12,25H2,1-3H3,(H,27,29);1-2H3. The van der Waals surface area contributed by atoms with E-state index in [-0.39, 0.29) is 23.8 Å². The molecule has 174 valence electrons. The number of pyridine rings is 1. The fraction of sp³-hybridized carbons (Fsp3) is 0.480. The molecule has 6 nitrogen and oxygen atoms in total. The van der Waals surface area contributed by atoms with Gasteiger partial charge in [0.2, 0.25) is 11.8 Å². The summed E-state index contributed by atoms with van der Waals surface area (Å²) < 4.78 is 0. The normalized spacial score (nSPS) is 17.4. The van der Waals surface area contributed by atoms with Crippen LogP contribution in [0.1, 0.15) is 59.1 Å². The number of hydrogen-bond donors (Lipinski definition) is 2. The highest BCUT2D eigenvalue weighted by Gasteiger charge is 2.37. The van der Waals surface area contributed by atoms with Gasteiger partial charge in [-0.1, -0.05) is 63.6 Å². The van der Waals surface area contributed by atoms with E-state index in [2.05, 4.69) is 10.3 Å². The number of nitrogens with two attached hydrogens (primary N) is 1. The number of benzene rings is 1. The smallest absolute Gasteiger partial charge is 0.243 e. The lowest BCUT2D eigenvalue weighted by Gasteiger charge is -2.29. The predicted octanol–water partition coefficient (Wildman–Crippen LogP) is 4.58. The Labute approximate surface area is 196 Å². The Morgan fingerprint density at radius 3 is 2.41 bits per heavy atom. The van der Waals surface area contributed by atoms with E-state index in [1.807, 2.05) is 58.9 Å². The first-order valence-corrected chi connectivity index (χ1v) is 11.7. The van der Waals surface area contributed by atoms with Gasteiger partial charge < -0.3 is 16.0 Å². The van der Waals surface area contributed by atoms with Crippen LogP contribution < -0.4 is 11.1 Å². The van der Waals surface area contributed by atoms with E-state index >= 15 is 0 Å². The van der Waals surface area contributed by atoms with Crippen molar-refractivity contribution in [3.8, 4) is 11.1 Å². The van der Waals surface area contributed by atoms with Gasteiger partial charge >= 0.3 is 0 Å². The molecule has 3 atom stereocenters. The summed E-state index contributed by atoms with van der Waals surface area (Å²) in [6.45, 7) is 10.3. The average molecular weight is 459 g/mol. The van der Waals surface area contributed by atoms with Crippen LogP contribution in [-0.2, 0) is 9.59 Å². The van der Waals surface area contributed by atoms with Gasteiger partial charge in [-0.15, -0.1) is 0 Å². The summed E-state index contributed by atoms with van der Waals surface area (Å²) in [5.74, 6) is -0.246. The van der Waals surface area contributed by atoms with Gasteiger partial charge in [0.05, 0.1) is 17.1 Å². The number of aromatic nitrogens is 1. The molecule has 1 fully saturated rings.